The summed E-state index contributed by atoms with van der Waals surface area (Å²) in [6.45, 7) is 7.54. The number of carboxylic acids is 1. The zero-order chi connectivity index (χ0) is 36.2. The normalized spacial score (nSPS) is 25.5. The molecule has 2 amide bonds. The predicted octanol–water partition coefficient (Wildman–Crippen LogP) is 6.04. The highest BCUT2D eigenvalue weighted by atomic mass is 35.5. The van der Waals surface area contributed by atoms with Crippen molar-refractivity contribution in [3.8, 4) is 0 Å². The molecule has 2 N–H and O–H groups in total. The van der Waals surface area contributed by atoms with Crippen molar-refractivity contribution < 1.29 is 33.7 Å². The molecule has 13 heteroatoms. The maximum Gasteiger partial charge on any atom is 0.306 e. The SMILES string of the molecule is CCO[C@H]1CN([C@H]2C[C@@H](CO[C@H]3CC[C@H](C(=O)O)CC3)N(C(=O)Cc3cc(Cl)c(NC(=O)c4cn(C)c5ccccc45)cc3Cl)C2)C[C@H]1OCC. The smallest absolute Gasteiger partial charge is 0.306 e. The Labute approximate surface area is 309 Å². The second kappa shape index (κ2) is 16.7. The highest BCUT2D eigenvalue weighted by molar-refractivity contribution is 6.36. The lowest BCUT2D eigenvalue weighted by Crippen LogP contribution is -2.41. The summed E-state index contributed by atoms with van der Waals surface area (Å²) in [6.07, 6.45) is 5.04. The van der Waals surface area contributed by atoms with Crippen LogP contribution in [0.3, 0.4) is 0 Å². The summed E-state index contributed by atoms with van der Waals surface area (Å²) in [5, 5.41) is 13.7. The molecule has 51 heavy (non-hydrogen) atoms. The number of benzene rings is 2. The Morgan fingerprint density at radius 1 is 0.922 bits per heavy atom. The summed E-state index contributed by atoms with van der Waals surface area (Å²) < 4.78 is 20.3. The molecule has 1 aromatic heterocycles. The number of hydrogen-bond acceptors (Lipinski definition) is 7. The number of aromatic nitrogens is 1. The zero-order valence-electron chi connectivity index (χ0n) is 29.5. The molecule has 3 aromatic rings. The summed E-state index contributed by atoms with van der Waals surface area (Å²) >= 11 is 13.4. The average Bonchev–Trinajstić information content (AvgIpc) is 3.82. The Kier molecular flexibility index (Phi) is 12.3. The Balaban J connectivity index is 1.15. The second-order valence-electron chi connectivity index (χ2n) is 13.9. The van der Waals surface area contributed by atoms with Crippen molar-refractivity contribution in [3.63, 3.8) is 0 Å². The van der Waals surface area contributed by atoms with Crippen molar-refractivity contribution in [1.29, 1.82) is 0 Å². The number of fused-ring (bicyclic) bond motifs is 1. The Hall–Kier alpha value is -3.19. The number of likely N-dealkylation sites (tertiary alicyclic amines) is 2. The van der Waals surface area contributed by atoms with Gasteiger partial charge in [0.05, 0.1) is 59.6 Å². The fourth-order valence-corrected chi connectivity index (χ4v) is 8.42. The van der Waals surface area contributed by atoms with Gasteiger partial charge >= 0.3 is 5.97 Å². The van der Waals surface area contributed by atoms with Crippen LogP contribution in [0.15, 0.2) is 42.6 Å². The molecule has 3 heterocycles. The number of nitrogens with one attached hydrogen (secondary N) is 1. The van der Waals surface area contributed by atoms with Crippen molar-refractivity contribution in [2.75, 3.05) is 44.8 Å². The quantitative estimate of drug-likeness (QED) is 0.218. The summed E-state index contributed by atoms with van der Waals surface area (Å²) in [4.78, 5) is 43.1. The number of aryl methyl sites for hydroxylation is 1. The molecule has 1 aliphatic carbocycles. The van der Waals surface area contributed by atoms with Crippen molar-refractivity contribution in [1.82, 2.24) is 14.4 Å². The first-order valence-electron chi connectivity index (χ1n) is 18.0. The van der Waals surface area contributed by atoms with E-state index < -0.39 is 5.97 Å². The van der Waals surface area contributed by atoms with Crippen LogP contribution in [0.2, 0.25) is 10.0 Å². The molecular weight excluding hydrogens is 695 g/mol. The van der Waals surface area contributed by atoms with Gasteiger partial charge in [-0.3, -0.25) is 19.3 Å². The van der Waals surface area contributed by atoms with Crippen LogP contribution in [0.1, 0.15) is 61.9 Å². The van der Waals surface area contributed by atoms with E-state index in [9.17, 15) is 19.5 Å². The number of carbonyl (C=O) groups excluding carboxylic acids is 2. The van der Waals surface area contributed by atoms with Gasteiger partial charge in [0.25, 0.3) is 5.91 Å². The number of rotatable bonds is 13. The van der Waals surface area contributed by atoms with Crippen molar-refractivity contribution in [2.24, 2.45) is 13.0 Å². The number of para-hydroxylation sites is 1. The second-order valence-corrected chi connectivity index (χ2v) is 14.7. The van der Waals surface area contributed by atoms with Crippen LogP contribution in [0.5, 0.6) is 0 Å². The van der Waals surface area contributed by atoms with Crippen molar-refractivity contribution in [2.45, 2.75) is 82.8 Å². The molecule has 0 spiro atoms. The third kappa shape index (κ3) is 8.56. The minimum absolute atomic E-state index is 0.0283. The first-order valence-corrected chi connectivity index (χ1v) is 18.8. The fourth-order valence-electron chi connectivity index (χ4n) is 7.96. The minimum atomic E-state index is -0.746. The Morgan fingerprint density at radius 2 is 1.61 bits per heavy atom. The van der Waals surface area contributed by atoms with E-state index in [0.717, 1.165) is 30.4 Å². The van der Waals surface area contributed by atoms with E-state index in [1.807, 2.05) is 54.6 Å². The topological polar surface area (TPSA) is 123 Å². The monoisotopic (exact) mass is 742 g/mol. The highest BCUT2D eigenvalue weighted by Crippen LogP contribution is 2.34. The van der Waals surface area contributed by atoms with Crippen LogP contribution in [-0.4, -0.2) is 107 Å². The largest absolute Gasteiger partial charge is 0.481 e. The molecule has 4 atom stereocenters. The van der Waals surface area contributed by atoms with Gasteiger partial charge < -0.3 is 34.1 Å². The highest BCUT2D eigenvalue weighted by Gasteiger charge is 2.44. The first kappa shape index (κ1) is 37.6. The molecular formula is C38H48Cl2N4O7. The average molecular weight is 744 g/mol. The van der Waals surface area contributed by atoms with Gasteiger partial charge in [0.1, 0.15) is 0 Å². The van der Waals surface area contributed by atoms with Gasteiger partial charge in [0.15, 0.2) is 0 Å². The van der Waals surface area contributed by atoms with E-state index in [-0.39, 0.29) is 59.6 Å². The maximum absolute atomic E-state index is 14.1. The summed E-state index contributed by atoms with van der Waals surface area (Å²) in [6, 6.07) is 10.9. The maximum atomic E-state index is 14.1. The number of anilines is 1. The predicted molar refractivity (Wildman–Crippen MR) is 197 cm³/mol. The third-order valence-corrected chi connectivity index (χ3v) is 11.3. The van der Waals surface area contributed by atoms with E-state index in [1.165, 1.54) is 0 Å². The number of ether oxygens (including phenoxy) is 3. The van der Waals surface area contributed by atoms with Gasteiger partial charge in [-0.2, -0.15) is 0 Å². The van der Waals surface area contributed by atoms with E-state index in [1.54, 1.807) is 18.3 Å². The molecule has 3 aliphatic rings. The molecule has 0 radical (unpaired) electrons. The number of hydrogen-bond donors (Lipinski definition) is 2. The first-order chi connectivity index (χ1) is 24.6. The molecule has 3 fully saturated rings. The number of carbonyl (C=O) groups is 3. The molecule has 2 aliphatic heterocycles. The fraction of sp³-hybridized carbons (Fsp3) is 0.553. The number of carboxylic acid groups (broad SMARTS) is 1. The van der Waals surface area contributed by atoms with Gasteiger partial charge in [-0.05, 0) is 69.7 Å². The van der Waals surface area contributed by atoms with Gasteiger partial charge in [-0.25, -0.2) is 0 Å². The summed E-state index contributed by atoms with van der Waals surface area (Å²) in [5.74, 6) is -1.46. The molecule has 0 bridgehead atoms. The van der Waals surface area contributed by atoms with Crippen molar-refractivity contribution >= 4 is 57.6 Å². The van der Waals surface area contributed by atoms with Crippen LogP contribution in [0, 0.1) is 5.92 Å². The van der Waals surface area contributed by atoms with Gasteiger partial charge in [0, 0.05) is 68.1 Å². The number of nitrogens with zero attached hydrogens (tertiary/aromatic N) is 3. The van der Waals surface area contributed by atoms with Crippen LogP contribution < -0.4 is 5.32 Å². The molecule has 276 valence electrons. The van der Waals surface area contributed by atoms with Crippen LogP contribution in [0.25, 0.3) is 10.9 Å². The van der Waals surface area contributed by atoms with Crippen LogP contribution in [-0.2, 0) is 37.3 Å². The summed E-state index contributed by atoms with van der Waals surface area (Å²) in [5.41, 5.74) is 2.39. The third-order valence-electron chi connectivity index (χ3n) is 10.6. The standard InChI is InChI=1S/C38H48Cl2N4O7/c1-4-49-34-20-43(21-35(34)50-5-2)25-16-26(22-51-27-12-10-23(11-13-27)38(47)48)44(18-25)36(45)15-24-14-31(40)32(17-30(24)39)41-37(46)29-19-42(3)33-9-7-6-8-28(29)33/h6-9,14,17,19,23,25-27,34-35H,4-5,10-13,15-16,18,20-22H2,1-3H3,(H,41,46)(H,47,48)/t23-,25-,26-,27-,34-,35+/m0/s1. The number of halogens is 2. The van der Waals surface area contributed by atoms with E-state index in [4.69, 9.17) is 37.4 Å². The molecule has 6 rings (SSSR count). The molecule has 0 unspecified atom stereocenters. The van der Waals surface area contributed by atoms with Gasteiger partial charge in [-0.1, -0.05) is 41.4 Å². The van der Waals surface area contributed by atoms with E-state index in [2.05, 4.69) is 10.2 Å². The van der Waals surface area contributed by atoms with Crippen molar-refractivity contribution in [3.05, 3.63) is 63.8 Å². The van der Waals surface area contributed by atoms with Gasteiger partial charge in [-0.15, -0.1) is 0 Å². The molecule has 11 nitrogen and oxygen atoms in total. The lowest BCUT2D eigenvalue weighted by molar-refractivity contribution is -0.144. The van der Waals surface area contributed by atoms with Gasteiger partial charge in [0.2, 0.25) is 5.91 Å². The zero-order valence-corrected chi connectivity index (χ0v) is 31.0. The van der Waals surface area contributed by atoms with E-state index in [0.29, 0.717) is 73.9 Å². The Morgan fingerprint density at radius 3 is 2.27 bits per heavy atom. The van der Waals surface area contributed by atoms with Crippen LogP contribution in [0.4, 0.5) is 5.69 Å². The molecule has 2 aromatic carbocycles. The molecule has 2 saturated heterocycles. The lowest BCUT2D eigenvalue weighted by Gasteiger charge is -2.30. The minimum Gasteiger partial charge on any atom is -0.481 e. The van der Waals surface area contributed by atoms with Crippen LogP contribution >= 0.6 is 23.2 Å². The number of aliphatic carboxylic acids is 1. The van der Waals surface area contributed by atoms with E-state index >= 15 is 0 Å². The summed E-state index contributed by atoms with van der Waals surface area (Å²) in [7, 11) is 1.89. The lowest BCUT2D eigenvalue weighted by atomic mass is 9.87. The Bertz CT molecular complexity index is 1710. The number of amides is 2. The molecule has 1 saturated carbocycles.